The molecule has 0 N–H and O–H groups in total. The fraction of sp³-hybridized carbons (Fsp3) is 0. The van der Waals surface area contributed by atoms with Crippen molar-refractivity contribution < 1.29 is 0 Å². The zero-order valence-corrected chi connectivity index (χ0v) is 31.5. The van der Waals surface area contributed by atoms with E-state index in [0.717, 1.165) is 38.4 Å². The van der Waals surface area contributed by atoms with Crippen molar-refractivity contribution in [2.24, 2.45) is 0 Å². The van der Waals surface area contributed by atoms with Crippen LogP contribution in [0.5, 0.6) is 0 Å². The molecule has 11 aromatic rings. The third-order valence-electron chi connectivity index (χ3n) is 11.3. The molecule has 0 bridgehead atoms. The maximum atomic E-state index is 5.22. The first kappa shape index (κ1) is 33.6. The number of hydrogen-bond acceptors (Lipinski definition) is 3. The molecule has 0 radical (unpaired) electrons. The monoisotopic (exact) mass is 737 g/mol. The number of benzene rings is 9. The number of hydrogen-bond donors (Lipinski definition) is 0. The van der Waals surface area contributed by atoms with Crippen LogP contribution >= 0.6 is 0 Å². The van der Waals surface area contributed by atoms with Gasteiger partial charge in [-0.05, 0) is 81.8 Å². The van der Waals surface area contributed by atoms with Crippen LogP contribution in [0.25, 0.3) is 110 Å². The molecule has 3 heteroatoms. The maximum absolute atomic E-state index is 5.22. The van der Waals surface area contributed by atoms with Crippen LogP contribution in [0.1, 0.15) is 0 Å². The Morgan fingerprint density at radius 3 is 1.07 bits per heavy atom. The Kier molecular flexibility index (Phi) is 8.15. The van der Waals surface area contributed by atoms with Gasteiger partial charge in [0.2, 0.25) is 0 Å². The van der Waals surface area contributed by atoms with Crippen LogP contribution in [0.4, 0.5) is 0 Å². The van der Waals surface area contributed by atoms with Gasteiger partial charge in [0.05, 0.1) is 0 Å². The molecule has 1 aromatic heterocycles. The number of fused-ring (bicyclic) bond motifs is 11. The van der Waals surface area contributed by atoms with Crippen molar-refractivity contribution in [1.82, 2.24) is 15.0 Å². The largest absolute Gasteiger partial charge is 0.208 e. The first-order chi connectivity index (χ1) is 28.8. The van der Waals surface area contributed by atoms with Gasteiger partial charge in [0.1, 0.15) is 0 Å². The molecule has 270 valence electrons. The predicted octanol–water partition coefficient (Wildman–Crippen LogP) is 14.6. The molecule has 0 aliphatic rings. The van der Waals surface area contributed by atoms with Gasteiger partial charge in [0, 0.05) is 16.7 Å². The summed E-state index contributed by atoms with van der Waals surface area (Å²) in [6, 6.07) is 75.6. The Morgan fingerprint density at radius 1 is 0.207 bits per heavy atom. The Labute approximate surface area is 335 Å². The van der Waals surface area contributed by atoms with E-state index in [4.69, 9.17) is 15.0 Å². The molecule has 0 amide bonds. The molecule has 11 rings (SSSR count). The Bertz CT molecular complexity index is 3360. The average molecular weight is 738 g/mol. The van der Waals surface area contributed by atoms with Gasteiger partial charge in [-0.3, -0.25) is 0 Å². The van der Waals surface area contributed by atoms with E-state index in [1.807, 2.05) is 18.2 Å². The molecule has 0 aliphatic carbocycles. The second-order valence-corrected chi connectivity index (χ2v) is 14.7. The summed E-state index contributed by atoms with van der Waals surface area (Å²) in [7, 11) is 0. The van der Waals surface area contributed by atoms with E-state index in [2.05, 4.69) is 194 Å². The highest BCUT2D eigenvalue weighted by Gasteiger charge is 2.15. The molecule has 10 aromatic carbocycles. The van der Waals surface area contributed by atoms with Gasteiger partial charge in [0.25, 0.3) is 0 Å². The number of rotatable bonds is 4. The summed E-state index contributed by atoms with van der Waals surface area (Å²) >= 11 is 0. The highest BCUT2D eigenvalue weighted by molar-refractivity contribution is 6.26. The molecule has 0 atom stereocenters. The van der Waals surface area contributed by atoms with Gasteiger partial charge < -0.3 is 0 Å². The minimum Gasteiger partial charge on any atom is -0.208 e. The molecule has 0 spiro atoms. The molecular weight excluding hydrogens is 703 g/mol. The van der Waals surface area contributed by atoms with Crippen LogP contribution in [0.15, 0.2) is 212 Å². The Morgan fingerprint density at radius 2 is 0.552 bits per heavy atom. The van der Waals surface area contributed by atoms with E-state index >= 15 is 0 Å². The van der Waals surface area contributed by atoms with Crippen LogP contribution in [0.2, 0.25) is 0 Å². The van der Waals surface area contributed by atoms with Gasteiger partial charge >= 0.3 is 0 Å². The molecule has 0 saturated heterocycles. The molecule has 0 saturated carbocycles. The van der Waals surface area contributed by atoms with Crippen molar-refractivity contribution in [3.05, 3.63) is 212 Å². The lowest BCUT2D eigenvalue weighted by Crippen LogP contribution is -2.00. The third-order valence-corrected chi connectivity index (χ3v) is 11.3. The Hall–Kier alpha value is -7.75. The number of aromatic nitrogens is 3. The van der Waals surface area contributed by atoms with Gasteiger partial charge in [-0.2, -0.15) is 0 Å². The van der Waals surface area contributed by atoms with E-state index in [1.54, 1.807) is 0 Å². The standard InChI is InChI=1S/C55H35N3/c1-2-16-38(17-3-1)53-56-54(39-31-29-37(30-32-39)42-28-14-18-36-15-4-5-19-41(36)42)58-55(57-53)40-33-34-51-49-26-11-10-24-47(49)45-22-7-6-20-43(45)44-21-8-9-23-46(44)48-25-12-13-27-50(48)52(51)35-40/h1-35H. The highest BCUT2D eigenvalue weighted by Crippen LogP contribution is 2.38. The van der Waals surface area contributed by atoms with Crippen molar-refractivity contribution in [2.45, 2.75) is 0 Å². The van der Waals surface area contributed by atoms with Crippen molar-refractivity contribution in [1.29, 1.82) is 0 Å². The highest BCUT2D eigenvalue weighted by atomic mass is 15.0. The van der Waals surface area contributed by atoms with Crippen molar-refractivity contribution in [3.8, 4) is 45.3 Å². The first-order valence-electron chi connectivity index (χ1n) is 19.7. The van der Waals surface area contributed by atoms with Crippen LogP contribution in [0, 0.1) is 0 Å². The van der Waals surface area contributed by atoms with Crippen LogP contribution in [0.3, 0.4) is 0 Å². The zero-order chi connectivity index (χ0) is 38.4. The minimum atomic E-state index is 0.624. The van der Waals surface area contributed by atoms with Gasteiger partial charge in [-0.25, -0.2) is 15.0 Å². The lowest BCUT2D eigenvalue weighted by molar-refractivity contribution is 1.07. The molecule has 58 heavy (non-hydrogen) atoms. The summed E-state index contributed by atoms with van der Waals surface area (Å²) in [6.45, 7) is 0. The second kappa shape index (κ2) is 14.1. The summed E-state index contributed by atoms with van der Waals surface area (Å²) in [5, 5.41) is 14.3. The second-order valence-electron chi connectivity index (χ2n) is 14.7. The van der Waals surface area contributed by atoms with Crippen molar-refractivity contribution in [2.75, 3.05) is 0 Å². The normalized spacial score (nSPS) is 11.4. The lowest BCUT2D eigenvalue weighted by atomic mass is 9.94. The quantitative estimate of drug-likeness (QED) is 0.181. The molecule has 1 heterocycles. The molecular formula is C55H35N3. The zero-order valence-electron chi connectivity index (χ0n) is 31.5. The molecule has 3 nitrogen and oxygen atoms in total. The molecule has 0 unspecified atom stereocenters. The van der Waals surface area contributed by atoms with E-state index < -0.39 is 0 Å². The lowest BCUT2D eigenvalue weighted by Gasteiger charge is -2.12. The fourth-order valence-corrected chi connectivity index (χ4v) is 8.58. The third kappa shape index (κ3) is 5.80. The molecule has 0 fully saturated rings. The van der Waals surface area contributed by atoms with Crippen LogP contribution < -0.4 is 0 Å². The first-order valence-corrected chi connectivity index (χ1v) is 19.7. The minimum absolute atomic E-state index is 0.624. The van der Waals surface area contributed by atoms with Crippen LogP contribution in [-0.2, 0) is 0 Å². The van der Waals surface area contributed by atoms with Gasteiger partial charge in [-0.1, -0.05) is 206 Å². The Balaban J connectivity index is 1.17. The van der Waals surface area contributed by atoms with Gasteiger partial charge in [-0.15, -0.1) is 0 Å². The average Bonchev–Trinajstić information content (AvgIpc) is 3.31. The fourth-order valence-electron chi connectivity index (χ4n) is 8.58. The smallest absolute Gasteiger partial charge is 0.164 e. The SMILES string of the molecule is c1ccc(-c2nc(-c3ccc(-c4cccc5ccccc45)cc3)nc(-c3ccc4c5ccccc5c5ccccc5c5ccccc5c5ccccc5c4c3)n2)cc1. The summed E-state index contributed by atoms with van der Waals surface area (Å²) in [5.41, 5.74) is 5.14. The summed E-state index contributed by atoms with van der Waals surface area (Å²) in [4.78, 5) is 15.5. The predicted molar refractivity (Wildman–Crippen MR) is 244 cm³/mol. The van der Waals surface area contributed by atoms with Crippen molar-refractivity contribution >= 4 is 64.6 Å². The van der Waals surface area contributed by atoms with Crippen LogP contribution in [-0.4, -0.2) is 15.0 Å². The summed E-state index contributed by atoms with van der Waals surface area (Å²) < 4.78 is 0. The van der Waals surface area contributed by atoms with E-state index in [9.17, 15) is 0 Å². The maximum Gasteiger partial charge on any atom is 0.164 e. The topological polar surface area (TPSA) is 38.7 Å². The van der Waals surface area contributed by atoms with E-state index in [1.165, 1.54) is 54.0 Å². The van der Waals surface area contributed by atoms with E-state index in [0.29, 0.717) is 17.5 Å². The van der Waals surface area contributed by atoms with Gasteiger partial charge in [0.15, 0.2) is 17.5 Å². The molecule has 0 aliphatic heterocycles. The van der Waals surface area contributed by atoms with E-state index in [-0.39, 0.29) is 0 Å². The summed E-state index contributed by atoms with van der Waals surface area (Å²) in [6.07, 6.45) is 0. The van der Waals surface area contributed by atoms with Crippen molar-refractivity contribution in [3.63, 3.8) is 0 Å². The summed E-state index contributed by atoms with van der Waals surface area (Å²) in [5.74, 6) is 1.89. The number of nitrogens with zero attached hydrogens (tertiary/aromatic N) is 3.